The van der Waals surface area contributed by atoms with E-state index in [4.69, 9.17) is 0 Å². The molecule has 2 heterocycles. The quantitative estimate of drug-likeness (QED) is 0.632. The molecule has 2 saturated heterocycles. The van der Waals surface area contributed by atoms with E-state index in [-0.39, 0.29) is 23.9 Å². The number of hydrogen-bond acceptors (Lipinski definition) is 5. The van der Waals surface area contributed by atoms with Crippen molar-refractivity contribution in [3.05, 3.63) is 42.5 Å². The average molecular weight is 398 g/mol. The van der Waals surface area contributed by atoms with Crippen molar-refractivity contribution in [1.29, 1.82) is 0 Å². The molecule has 2 amide bonds. The highest BCUT2D eigenvalue weighted by Crippen LogP contribution is 2.35. The first-order valence-corrected chi connectivity index (χ1v) is 10.6. The van der Waals surface area contributed by atoms with Gasteiger partial charge in [-0.1, -0.05) is 18.7 Å². The summed E-state index contributed by atoms with van der Waals surface area (Å²) in [7, 11) is 0. The molecule has 0 radical (unpaired) electrons. The lowest BCUT2D eigenvalue weighted by Crippen LogP contribution is -2.48. The van der Waals surface area contributed by atoms with E-state index < -0.39 is 0 Å². The Morgan fingerprint density at radius 3 is 2.45 bits per heavy atom. The number of piperazine rings is 1. The summed E-state index contributed by atoms with van der Waals surface area (Å²) in [6, 6.07) is 8.70. The molecule has 2 unspecified atom stereocenters. The molecule has 0 aromatic heterocycles. The molecule has 3 fully saturated rings. The minimum absolute atomic E-state index is 0.00407. The molecular weight excluding hydrogens is 366 g/mol. The Hall–Kier alpha value is -2.38. The van der Waals surface area contributed by atoms with E-state index in [2.05, 4.69) is 39.8 Å². The maximum absolute atomic E-state index is 12.7. The van der Waals surface area contributed by atoms with Gasteiger partial charge in [0.15, 0.2) is 0 Å². The standard InChI is InChI=1S/C22H31N5O2/c1-3-21(28)27-12-10-26(11-13-27)18-8-6-16(7-9-18)15(2)22(29)23-20-14-19(24-25-20)17-4-5-17/h3,6-9,15,17,19-20,24-25H,1,4-5,10-14H2,2H3,(H,23,29)/t15-,19?,20?/m0/s1. The van der Waals surface area contributed by atoms with Gasteiger partial charge in [0.1, 0.15) is 0 Å². The van der Waals surface area contributed by atoms with Gasteiger partial charge in [-0.25, -0.2) is 5.43 Å². The van der Waals surface area contributed by atoms with Crippen LogP contribution in [0.25, 0.3) is 0 Å². The van der Waals surface area contributed by atoms with Gasteiger partial charge in [-0.05, 0) is 55.9 Å². The van der Waals surface area contributed by atoms with Crippen molar-refractivity contribution in [3.8, 4) is 0 Å². The van der Waals surface area contributed by atoms with Gasteiger partial charge in [-0.3, -0.25) is 15.0 Å². The van der Waals surface area contributed by atoms with Crippen LogP contribution in [0.4, 0.5) is 5.69 Å². The van der Waals surface area contributed by atoms with Crippen molar-refractivity contribution in [3.63, 3.8) is 0 Å². The zero-order valence-electron chi connectivity index (χ0n) is 17.1. The number of hydrazine groups is 1. The van der Waals surface area contributed by atoms with E-state index in [1.54, 1.807) is 0 Å². The predicted molar refractivity (Wildman–Crippen MR) is 113 cm³/mol. The fourth-order valence-corrected chi connectivity index (χ4v) is 4.22. The number of amides is 2. The molecule has 2 aliphatic heterocycles. The van der Waals surface area contributed by atoms with Gasteiger partial charge in [-0.2, -0.15) is 0 Å². The smallest absolute Gasteiger partial charge is 0.246 e. The Morgan fingerprint density at radius 1 is 1.14 bits per heavy atom. The number of anilines is 1. The molecule has 3 N–H and O–H groups in total. The number of carbonyl (C=O) groups is 2. The number of hydrogen-bond donors (Lipinski definition) is 3. The zero-order chi connectivity index (χ0) is 20.4. The number of carbonyl (C=O) groups excluding carboxylic acids is 2. The van der Waals surface area contributed by atoms with Crippen LogP contribution < -0.4 is 21.1 Å². The van der Waals surface area contributed by atoms with E-state index in [9.17, 15) is 9.59 Å². The van der Waals surface area contributed by atoms with Crippen LogP contribution in [0.5, 0.6) is 0 Å². The highest BCUT2D eigenvalue weighted by molar-refractivity contribution is 5.87. The minimum atomic E-state index is -0.201. The summed E-state index contributed by atoms with van der Waals surface area (Å²) >= 11 is 0. The second-order valence-electron chi connectivity index (χ2n) is 8.36. The third-order valence-electron chi connectivity index (χ3n) is 6.36. The van der Waals surface area contributed by atoms with E-state index in [1.165, 1.54) is 18.9 Å². The second kappa shape index (κ2) is 8.55. The van der Waals surface area contributed by atoms with Crippen molar-refractivity contribution < 1.29 is 9.59 Å². The van der Waals surface area contributed by atoms with Crippen LogP contribution in [-0.4, -0.2) is 55.1 Å². The molecule has 0 bridgehead atoms. The van der Waals surface area contributed by atoms with Crippen LogP contribution in [-0.2, 0) is 9.59 Å². The largest absolute Gasteiger partial charge is 0.368 e. The van der Waals surface area contributed by atoms with Gasteiger partial charge < -0.3 is 15.1 Å². The van der Waals surface area contributed by atoms with E-state index in [1.807, 2.05) is 24.0 Å². The maximum Gasteiger partial charge on any atom is 0.246 e. The van der Waals surface area contributed by atoms with Gasteiger partial charge in [0.05, 0.1) is 12.1 Å². The normalized spacial score (nSPS) is 25.6. The van der Waals surface area contributed by atoms with Crippen LogP contribution in [0.15, 0.2) is 36.9 Å². The molecule has 1 saturated carbocycles. The molecule has 156 valence electrons. The summed E-state index contributed by atoms with van der Waals surface area (Å²) in [4.78, 5) is 28.5. The highest BCUT2D eigenvalue weighted by atomic mass is 16.2. The highest BCUT2D eigenvalue weighted by Gasteiger charge is 2.37. The second-order valence-corrected chi connectivity index (χ2v) is 8.36. The zero-order valence-corrected chi connectivity index (χ0v) is 17.1. The number of nitrogens with one attached hydrogen (secondary N) is 3. The third-order valence-corrected chi connectivity index (χ3v) is 6.36. The summed E-state index contributed by atoms with van der Waals surface area (Å²) in [5.74, 6) is 0.610. The van der Waals surface area contributed by atoms with Gasteiger partial charge in [-0.15, -0.1) is 0 Å². The molecule has 7 nitrogen and oxygen atoms in total. The monoisotopic (exact) mass is 397 g/mol. The van der Waals surface area contributed by atoms with Crippen molar-refractivity contribution in [1.82, 2.24) is 21.1 Å². The van der Waals surface area contributed by atoms with Crippen LogP contribution in [0.2, 0.25) is 0 Å². The number of benzene rings is 1. The predicted octanol–water partition coefficient (Wildman–Crippen LogP) is 1.34. The van der Waals surface area contributed by atoms with Crippen LogP contribution in [0.3, 0.4) is 0 Å². The van der Waals surface area contributed by atoms with Crippen molar-refractivity contribution >= 4 is 17.5 Å². The molecule has 1 aliphatic carbocycles. The van der Waals surface area contributed by atoms with Crippen LogP contribution >= 0.6 is 0 Å². The summed E-state index contributed by atoms with van der Waals surface area (Å²) in [6.07, 6.45) is 4.91. The topological polar surface area (TPSA) is 76.7 Å². The lowest BCUT2D eigenvalue weighted by atomic mass is 9.99. The van der Waals surface area contributed by atoms with E-state index in [0.29, 0.717) is 19.1 Å². The van der Waals surface area contributed by atoms with Crippen LogP contribution in [0.1, 0.15) is 37.7 Å². The molecule has 3 aliphatic rings. The molecule has 3 atom stereocenters. The van der Waals surface area contributed by atoms with Gasteiger partial charge in [0.2, 0.25) is 11.8 Å². The number of rotatable bonds is 6. The minimum Gasteiger partial charge on any atom is -0.368 e. The first kappa shape index (κ1) is 19.9. The fraction of sp³-hybridized carbons (Fsp3) is 0.545. The van der Waals surface area contributed by atoms with Gasteiger partial charge in [0, 0.05) is 37.9 Å². The molecule has 29 heavy (non-hydrogen) atoms. The summed E-state index contributed by atoms with van der Waals surface area (Å²) in [6.45, 7) is 8.52. The molecule has 1 aromatic carbocycles. The summed E-state index contributed by atoms with van der Waals surface area (Å²) in [5, 5.41) is 3.12. The van der Waals surface area contributed by atoms with Crippen molar-refractivity contribution in [2.24, 2.45) is 5.92 Å². The lowest BCUT2D eigenvalue weighted by Gasteiger charge is -2.35. The van der Waals surface area contributed by atoms with Crippen molar-refractivity contribution in [2.75, 3.05) is 31.1 Å². The Bertz CT molecular complexity index is 753. The Kier molecular flexibility index (Phi) is 5.87. The summed E-state index contributed by atoms with van der Waals surface area (Å²) in [5.41, 5.74) is 8.66. The first-order chi connectivity index (χ1) is 14.0. The molecular formula is C22H31N5O2. The molecule has 1 aromatic rings. The Balaban J connectivity index is 1.28. The average Bonchev–Trinajstić information content (AvgIpc) is 3.52. The fourth-order valence-electron chi connectivity index (χ4n) is 4.22. The Morgan fingerprint density at radius 2 is 1.83 bits per heavy atom. The van der Waals surface area contributed by atoms with Crippen LogP contribution in [0, 0.1) is 5.92 Å². The van der Waals surface area contributed by atoms with Crippen molar-refractivity contribution in [2.45, 2.75) is 44.3 Å². The SMILES string of the molecule is C=CC(=O)N1CCN(c2ccc([C@H](C)C(=O)NC3CC(C4CC4)NN3)cc2)CC1. The van der Waals surface area contributed by atoms with Gasteiger partial charge >= 0.3 is 0 Å². The van der Waals surface area contributed by atoms with E-state index in [0.717, 1.165) is 36.7 Å². The first-order valence-electron chi connectivity index (χ1n) is 10.6. The molecule has 0 spiro atoms. The molecule has 4 rings (SSSR count). The lowest BCUT2D eigenvalue weighted by molar-refractivity contribution is -0.126. The van der Waals surface area contributed by atoms with Gasteiger partial charge in [0.25, 0.3) is 0 Å². The van der Waals surface area contributed by atoms with E-state index >= 15 is 0 Å². The molecule has 7 heteroatoms. The number of nitrogens with zero attached hydrogens (tertiary/aromatic N) is 2. The summed E-state index contributed by atoms with van der Waals surface area (Å²) < 4.78 is 0. The Labute approximate surface area is 172 Å². The third kappa shape index (κ3) is 4.62. The maximum atomic E-state index is 12.7.